The molecule has 0 saturated heterocycles. The molecule has 20 heavy (non-hydrogen) atoms. The van der Waals surface area contributed by atoms with Crippen molar-refractivity contribution in [3.8, 4) is 0 Å². The zero-order valence-electron chi connectivity index (χ0n) is 10.7. The van der Waals surface area contributed by atoms with Gasteiger partial charge in [0.05, 0.1) is 5.02 Å². The van der Waals surface area contributed by atoms with Gasteiger partial charge in [0, 0.05) is 5.69 Å². The van der Waals surface area contributed by atoms with E-state index in [0.29, 0.717) is 15.6 Å². The maximum atomic E-state index is 12.4. The average molecular weight is 310 g/mol. The van der Waals surface area contributed by atoms with Crippen LogP contribution < -0.4 is 4.90 Å². The van der Waals surface area contributed by atoms with Gasteiger partial charge in [-0.15, -0.1) is 11.3 Å². The molecule has 0 atom stereocenters. The number of aryl methyl sites for hydroxylation is 1. The number of aliphatic carboxylic acids is 1. The molecule has 1 amide bonds. The topological polar surface area (TPSA) is 57.6 Å². The van der Waals surface area contributed by atoms with Gasteiger partial charge in [-0.05, 0) is 30.5 Å². The Hall–Kier alpha value is -1.85. The number of benzene rings is 1. The fourth-order valence-electron chi connectivity index (χ4n) is 1.71. The maximum absolute atomic E-state index is 12.4. The van der Waals surface area contributed by atoms with Gasteiger partial charge in [0.25, 0.3) is 5.91 Å². The first-order valence-corrected chi connectivity index (χ1v) is 7.08. The highest BCUT2D eigenvalue weighted by Gasteiger charge is 2.23. The molecule has 0 saturated carbocycles. The van der Waals surface area contributed by atoms with E-state index in [1.54, 1.807) is 23.6 Å². The number of carbonyl (C=O) groups is 2. The van der Waals surface area contributed by atoms with E-state index in [1.807, 2.05) is 19.1 Å². The highest BCUT2D eigenvalue weighted by molar-refractivity contribution is 7.12. The molecule has 0 aliphatic carbocycles. The van der Waals surface area contributed by atoms with Gasteiger partial charge in [0.15, 0.2) is 0 Å². The van der Waals surface area contributed by atoms with Crippen LogP contribution in [0.4, 0.5) is 5.69 Å². The van der Waals surface area contributed by atoms with Crippen molar-refractivity contribution >= 4 is 40.5 Å². The molecule has 6 heteroatoms. The van der Waals surface area contributed by atoms with Crippen LogP contribution in [-0.2, 0) is 4.79 Å². The molecular weight excluding hydrogens is 298 g/mol. The summed E-state index contributed by atoms with van der Waals surface area (Å²) < 4.78 is 0. The summed E-state index contributed by atoms with van der Waals surface area (Å²) in [6, 6.07) is 8.71. The zero-order chi connectivity index (χ0) is 14.7. The molecule has 1 aromatic heterocycles. The fraction of sp³-hybridized carbons (Fsp3) is 0.143. The smallest absolute Gasteiger partial charge is 0.323 e. The Balaban J connectivity index is 2.37. The normalized spacial score (nSPS) is 10.3. The SMILES string of the molecule is Cc1ccc(N(CC(=O)O)C(=O)c2sccc2Cl)cc1. The van der Waals surface area contributed by atoms with E-state index in [2.05, 4.69) is 0 Å². The minimum atomic E-state index is -1.08. The third-order valence-corrected chi connectivity index (χ3v) is 4.03. The Morgan fingerprint density at radius 2 is 1.90 bits per heavy atom. The summed E-state index contributed by atoms with van der Waals surface area (Å²) in [5, 5.41) is 11.0. The summed E-state index contributed by atoms with van der Waals surface area (Å²) in [6.45, 7) is 1.51. The van der Waals surface area contributed by atoms with Gasteiger partial charge in [-0.25, -0.2) is 0 Å². The first-order valence-electron chi connectivity index (χ1n) is 5.82. The van der Waals surface area contributed by atoms with Gasteiger partial charge in [-0.3, -0.25) is 14.5 Å². The Labute approximate surface area is 125 Å². The molecule has 1 heterocycles. The molecule has 2 rings (SSSR count). The molecule has 2 aromatic rings. The quantitative estimate of drug-likeness (QED) is 0.941. The largest absolute Gasteiger partial charge is 0.480 e. The van der Waals surface area contributed by atoms with E-state index >= 15 is 0 Å². The van der Waals surface area contributed by atoms with E-state index in [1.165, 1.54) is 16.2 Å². The molecule has 0 fully saturated rings. The summed E-state index contributed by atoms with van der Waals surface area (Å²) in [5.74, 6) is -1.48. The van der Waals surface area contributed by atoms with Crippen LogP contribution in [0.3, 0.4) is 0 Å². The molecule has 1 N–H and O–H groups in total. The van der Waals surface area contributed by atoms with E-state index in [-0.39, 0.29) is 0 Å². The van der Waals surface area contributed by atoms with Gasteiger partial charge in [0.2, 0.25) is 0 Å². The Bertz CT molecular complexity index is 636. The zero-order valence-corrected chi connectivity index (χ0v) is 12.2. The van der Waals surface area contributed by atoms with Crippen molar-refractivity contribution in [2.75, 3.05) is 11.4 Å². The fourth-order valence-corrected chi connectivity index (χ4v) is 2.79. The number of carboxylic acids is 1. The third kappa shape index (κ3) is 3.18. The molecule has 0 unspecified atom stereocenters. The van der Waals surface area contributed by atoms with Crippen LogP contribution in [0.2, 0.25) is 5.02 Å². The minimum absolute atomic E-state index is 0.336. The second kappa shape index (κ2) is 6.07. The Kier molecular flexibility index (Phi) is 4.42. The highest BCUT2D eigenvalue weighted by atomic mass is 35.5. The Morgan fingerprint density at radius 1 is 1.25 bits per heavy atom. The van der Waals surface area contributed by atoms with Crippen LogP contribution >= 0.6 is 22.9 Å². The summed E-state index contributed by atoms with van der Waals surface area (Å²) in [5.41, 5.74) is 1.57. The summed E-state index contributed by atoms with van der Waals surface area (Å²) in [7, 11) is 0. The number of nitrogens with zero attached hydrogens (tertiary/aromatic N) is 1. The lowest BCUT2D eigenvalue weighted by Crippen LogP contribution is -2.35. The van der Waals surface area contributed by atoms with Crippen LogP contribution in [0.15, 0.2) is 35.7 Å². The molecule has 0 bridgehead atoms. The van der Waals surface area contributed by atoms with Crippen LogP contribution in [0.25, 0.3) is 0 Å². The van der Waals surface area contributed by atoms with Crippen molar-refractivity contribution in [2.45, 2.75) is 6.92 Å². The number of halogens is 1. The number of rotatable bonds is 4. The highest BCUT2D eigenvalue weighted by Crippen LogP contribution is 2.26. The first kappa shape index (κ1) is 14.6. The van der Waals surface area contributed by atoms with Crippen LogP contribution in [0.1, 0.15) is 15.2 Å². The average Bonchev–Trinajstić information content (AvgIpc) is 2.82. The number of hydrogen-bond acceptors (Lipinski definition) is 3. The Morgan fingerprint density at radius 3 is 2.40 bits per heavy atom. The van der Waals surface area contributed by atoms with E-state index < -0.39 is 18.4 Å². The first-order chi connectivity index (χ1) is 9.49. The molecule has 0 radical (unpaired) electrons. The van der Waals surface area contributed by atoms with E-state index in [4.69, 9.17) is 16.7 Å². The summed E-state index contributed by atoms with van der Waals surface area (Å²) in [6.07, 6.45) is 0. The minimum Gasteiger partial charge on any atom is -0.480 e. The molecule has 0 aliphatic heterocycles. The van der Waals surface area contributed by atoms with E-state index in [9.17, 15) is 9.59 Å². The molecule has 1 aromatic carbocycles. The lowest BCUT2D eigenvalue weighted by atomic mass is 10.2. The van der Waals surface area contributed by atoms with Crippen molar-refractivity contribution in [1.82, 2.24) is 0 Å². The van der Waals surface area contributed by atoms with Gasteiger partial charge in [-0.1, -0.05) is 29.3 Å². The molecule has 4 nitrogen and oxygen atoms in total. The van der Waals surface area contributed by atoms with Gasteiger partial charge >= 0.3 is 5.97 Å². The second-order valence-electron chi connectivity index (χ2n) is 4.22. The second-order valence-corrected chi connectivity index (χ2v) is 5.54. The maximum Gasteiger partial charge on any atom is 0.323 e. The van der Waals surface area contributed by atoms with Crippen molar-refractivity contribution in [1.29, 1.82) is 0 Å². The predicted molar refractivity (Wildman–Crippen MR) is 79.8 cm³/mol. The van der Waals surface area contributed by atoms with Crippen LogP contribution in [-0.4, -0.2) is 23.5 Å². The third-order valence-electron chi connectivity index (χ3n) is 2.70. The molecular formula is C14H12ClNO3S. The van der Waals surface area contributed by atoms with E-state index in [0.717, 1.165) is 5.56 Å². The number of carboxylic acid groups (broad SMARTS) is 1. The molecule has 0 spiro atoms. The lowest BCUT2D eigenvalue weighted by Gasteiger charge is -2.20. The van der Waals surface area contributed by atoms with Crippen molar-refractivity contribution in [3.05, 3.63) is 51.2 Å². The van der Waals surface area contributed by atoms with Gasteiger partial charge in [-0.2, -0.15) is 0 Å². The van der Waals surface area contributed by atoms with Gasteiger partial charge in [0.1, 0.15) is 11.4 Å². The summed E-state index contributed by atoms with van der Waals surface area (Å²) >= 11 is 7.14. The molecule has 104 valence electrons. The molecule has 0 aliphatic rings. The van der Waals surface area contributed by atoms with Crippen LogP contribution in [0.5, 0.6) is 0 Å². The monoisotopic (exact) mass is 309 g/mol. The number of hydrogen-bond donors (Lipinski definition) is 1. The number of amides is 1. The van der Waals surface area contributed by atoms with Gasteiger partial charge < -0.3 is 5.11 Å². The van der Waals surface area contributed by atoms with Crippen molar-refractivity contribution in [3.63, 3.8) is 0 Å². The summed E-state index contributed by atoms with van der Waals surface area (Å²) in [4.78, 5) is 25.0. The van der Waals surface area contributed by atoms with Crippen LogP contribution in [0, 0.1) is 6.92 Å². The predicted octanol–water partition coefficient (Wildman–Crippen LogP) is 3.44. The van der Waals surface area contributed by atoms with Crippen molar-refractivity contribution in [2.24, 2.45) is 0 Å². The lowest BCUT2D eigenvalue weighted by molar-refractivity contribution is -0.135. The number of thiophene rings is 1. The number of carbonyl (C=O) groups excluding carboxylic acids is 1. The standard InChI is InChI=1S/C14H12ClNO3S/c1-9-2-4-10(5-3-9)16(8-12(17)18)14(19)13-11(15)6-7-20-13/h2-7H,8H2,1H3,(H,17,18). The number of anilines is 1. The van der Waals surface area contributed by atoms with Crippen molar-refractivity contribution < 1.29 is 14.7 Å².